The summed E-state index contributed by atoms with van der Waals surface area (Å²) >= 11 is 0. The second kappa shape index (κ2) is 9.01. The maximum atomic E-state index is 5.61. The zero-order chi connectivity index (χ0) is 9.23. The lowest BCUT2D eigenvalue weighted by molar-refractivity contribution is 0.0504. The van der Waals surface area contributed by atoms with E-state index in [0.717, 1.165) is 19.4 Å². The van der Waals surface area contributed by atoms with Gasteiger partial charge in [0.1, 0.15) is 0 Å². The van der Waals surface area contributed by atoms with Crippen molar-refractivity contribution >= 4 is 0 Å². The molecule has 0 aromatic rings. The van der Waals surface area contributed by atoms with Crippen molar-refractivity contribution in [3.63, 3.8) is 0 Å². The van der Waals surface area contributed by atoms with Crippen molar-refractivity contribution < 1.29 is 4.74 Å². The van der Waals surface area contributed by atoms with E-state index in [2.05, 4.69) is 13.8 Å². The van der Waals surface area contributed by atoms with Crippen molar-refractivity contribution in [2.45, 2.75) is 52.1 Å². The summed E-state index contributed by atoms with van der Waals surface area (Å²) in [6, 6.07) is 0. The highest BCUT2D eigenvalue weighted by atomic mass is 16.5. The predicted octanol–water partition coefficient (Wildman–Crippen LogP) is 2.32. The molecular weight excluding hydrogens is 150 g/mol. The fraction of sp³-hybridized carbons (Fsp3) is 1.00. The molecule has 0 saturated carbocycles. The SMILES string of the molecule is CCCCCOC(CN)CCC. The van der Waals surface area contributed by atoms with Crippen LogP contribution >= 0.6 is 0 Å². The van der Waals surface area contributed by atoms with Crippen molar-refractivity contribution in [3.05, 3.63) is 0 Å². The van der Waals surface area contributed by atoms with Gasteiger partial charge in [0.15, 0.2) is 0 Å². The minimum atomic E-state index is 0.298. The van der Waals surface area contributed by atoms with E-state index < -0.39 is 0 Å². The monoisotopic (exact) mass is 173 g/mol. The van der Waals surface area contributed by atoms with Gasteiger partial charge in [-0.1, -0.05) is 33.1 Å². The largest absolute Gasteiger partial charge is 0.377 e. The lowest BCUT2D eigenvalue weighted by atomic mass is 10.2. The zero-order valence-electron chi connectivity index (χ0n) is 8.51. The first-order valence-corrected chi connectivity index (χ1v) is 5.16. The molecule has 0 bridgehead atoms. The summed E-state index contributed by atoms with van der Waals surface area (Å²) < 4.78 is 5.61. The van der Waals surface area contributed by atoms with Gasteiger partial charge < -0.3 is 10.5 Å². The molecule has 0 heterocycles. The van der Waals surface area contributed by atoms with E-state index in [1.165, 1.54) is 19.3 Å². The summed E-state index contributed by atoms with van der Waals surface area (Å²) in [5.74, 6) is 0. The Morgan fingerprint density at radius 2 is 1.92 bits per heavy atom. The Bertz CT molecular complexity index is 85.9. The third-order valence-electron chi connectivity index (χ3n) is 1.97. The van der Waals surface area contributed by atoms with E-state index >= 15 is 0 Å². The van der Waals surface area contributed by atoms with E-state index in [1.807, 2.05) is 0 Å². The Hall–Kier alpha value is -0.0800. The lowest BCUT2D eigenvalue weighted by Gasteiger charge is -2.14. The molecule has 0 amide bonds. The fourth-order valence-corrected chi connectivity index (χ4v) is 1.19. The summed E-state index contributed by atoms with van der Waals surface area (Å²) in [7, 11) is 0. The average Bonchev–Trinajstić information content (AvgIpc) is 2.10. The molecule has 0 aliphatic heterocycles. The normalized spacial score (nSPS) is 13.2. The smallest absolute Gasteiger partial charge is 0.0697 e. The molecule has 0 aliphatic rings. The van der Waals surface area contributed by atoms with Crippen LogP contribution in [-0.2, 0) is 4.74 Å². The minimum absolute atomic E-state index is 0.298. The van der Waals surface area contributed by atoms with E-state index in [4.69, 9.17) is 10.5 Å². The van der Waals surface area contributed by atoms with Crippen molar-refractivity contribution in [2.75, 3.05) is 13.2 Å². The van der Waals surface area contributed by atoms with Gasteiger partial charge in [0, 0.05) is 13.2 Å². The molecule has 74 valence electrons. The topological polar surface area (TPSA) is 35.2 Å². The van der Waals surface area contributed by atoms with E-state index in [-0.39, 0.29) is 0 Å². The summed E-state index contributed by atoms with van der Waals surface area (Å²) in [4.78, 5) is 0. The first-order valence-electron chi connectivity index (χ1n) is 5.16. The lowest BCUT2D eigenvalue weighted by Crippen LogP contribution is -2.23. The van der Waals surface area contributed by atoms with Crippen LogP contribution in [0.1, 0.15) is 46.0 Å². The Morgan fingerprint density at radius 3 is 2.42 bits per heavy atom. The van der Waals surface area contributed by atoms with Crippen LogP contribution in [0.4, 0.5) is 0 Å². The Labute approximate surface area is 76.5 Å². The summed E-state index contributed by atoms with van der Waals surface area (Å²) in [5, 5.41) is 0. The van der Waals surface area contributed by atoms with Gasteiger partial charge in [0.2, 0.25) is 0 Å². The third kappa shape index (κ3) is 6.62. The number of hydrogen-bond donors (Lipinski definition) is 1. The molecule has 0 spiro atoms. The van der Waals surface area contributed by atoms with Crippen LogP contribution in [0.15, 0.2) is 0 Å². The van der Waals surface area contributed by atoms with Crippen molar-refractivity contribution in [2.24, 2.45) is 5.73 Å². The van der Waals surface area contributed by atoms with E-state index in [1.54, 1.807) is 0 Å². The Kier molecular flexibility index (Phi) is 8.95. The quantitative estimate of drug-likeness (QED) is 0.572. The molecule has 0 radical (unpaired) electrons. The van der Waals surface area contributed by atoms with Gasteiger partial charge in [0.25, 0.3) is 0 Å². The summed E-state index contributed by atoms with van der Waals surface area (Å²) in [6.07, 6.45) is 6.26. The first-order chi connectivity index (χ1) is 5.85. The highest BCUT2D eigenvalue weighted by Crippen LogP contribution is 2.02. The van der Waals surface area contributed by atoms with Crippen LogP contribution in [0.5, 0.6) is 0 Å². The Morgan fingerprint density at radius 1 is 1.17 bits per heavy atom. The fourth-order valence-electron chi connectivity index (χ4n) is 1.19. The van der Waals surface area contributed by atoms with E-state index in [0.29, 0.717) is 12.6 Å². The maximum Gasteiger partial charge on any atom is 0.0697 e. The van der Waals surface area contributed by atoms with Gasteiger partial charge in [-0.25, -0.2) is 0 Å². The first kappa shape index (κ1) is 11.9. The third-order valence-corrected chi connectivity index (χ3v) is 1.97. The molecule has 0 saturated heterocycles. The minimum Gasteiger partial charge on any atom is -0.377 e. The van der Waals surface area contributed by atoms with E-state index in [9.17, 15) is 0 Å². The van der Waals surface area contributed by atoms with Crippen molar-refractivity contribution in [1.29, 1.82) is 0 Å². The van der Waals surface area contributed by atoms with Gasteiger partial charge in [-0.15, -0.1) is 0 Å². The molecule has 2 heteroatoms. The number of ether oxygens (including phenoxy) is 1. The standard InChI is InChI=1S/C10H23NO/c1-3-5-6-8-12-10(9-11)7-4-2/h10H,3-9,11H2,1-2H3. The number of nitrogens with two attached hydrogens (primary N) is 1. The zero-order valence-corrected chi connectivity index (χ0v) is 8.51. The second-order valence-electron chi connectivity index (χ2n) is 3.22. The van der Waals surface area contributed by atoms with Gasteiger partial charge in [-0.05, 0) is 12.8 Å². The van der Waals surface area contributed by atoms with Gasteiger partial charge in [-0.2, -0.15) is 0 Å². The predicted molar refractivity (Wildman–Crippen MR) is 53.2 cm³/mol. The number of rotatable bonds is 8. The van der Waals surface area contributed by atoms with Crippen LogP contribution in [-0.4, -0.2) is 19.3 Å². The summed E-state index contributed by atoms with van der Waals surface area (Å²) in [5.41, 5.74) is 5.55. The maximum absolute atomic E-state index is 5.61. The Balaban J connectivity index is 3.19. The highest BCUT2D eigenvalue weighted by molar-refractivity contribution is 4.56. The molecule has 0 aromatic heterocycles. The molecular formula is C10H23NO. The number of hydrogen-bond acceptors (Lipinski definition) is 2. The second-order valence-corrected chi connectivity index (χ2v) is 3.22. The number of unbranched alkanes of at least 4 members (excludes halogenated alkanes) is 2. The molecule has 2 nitrogen and oxygen atoms in total. The molecule has 0 aliphatic carbocycles. The van der Waals surface area contributed by atoms with Crippen LogP contribution < -0.4 is 5.73 Å². The van der Waals surface area contributed by atoms with Crippen molar-refractivity contribution in [3.8, 4) is 0 Å². The molecule has 1 atom stereocenters. The van der Waals surface area contributed by atoms with Crippen LogP contribution in [0.3, 0.4) is 0 Å². The molecule has 1 unspecified atom stereocenters. The average molecular weight is 173 g/mol. The van der Waals surface area contributed by atoms with Crippen LogP contribution in [0, 0.1) is 0 Å². The molecule has 2 N–H and O–H groups in total. The molecule has 0 rings (SSSR count). The molecule has 0 aromatic carbocycles. The molecule has 12 heavy (non-hydrogen) atoms. The summed E-state index contributed by atoms with van der Waals surface area (Å²) in [6.45, 7) is 5.92. The highest BCUT2D eigenvalue weighted by Gasteiger charge is 2.03. The van der Waals surface area contributed by atoms with Gasteiger partial charge >= 0.3 is 0 Å². The van der Waals surface area contributed by atoms with Gasteiger partial charge in [0.05, 0.1) is 6.10 Å². The van der Waals surface area contributed by atoms with Crippen LogP contribution in [0.25, 0.3) is 0 Å². The molecule has 0 fully saturated rings. The van der Waals surface area contributed by atoms with Crippen LogP contribution in [0.2, 0.25) is 0 Å². The van der Waals surface area contributed by atoms with Crippen molar-refractivity contribution in [1.82, 2.24) is 0 Å². The van der Waals surface area contributed by atoms with Gasteiger partial charge in [-0.3, -0.25) is 0 Å².